The normalized spacial score (nSPS) is 27.8. The fourth-order valence-electron chi connectivity index (χ4n) is 3.40. The van der Waals surface area contributed by atoms with E-state index < -0.39 is 0 Å². The van der Waals surface area contributed by atoms with Crippen LogP contribution in [0.15, 0.2) is 18.2 Å². The van der Waals surface area contributed by atoms with Crippen molar-refractivity contribution in [2.24, 2.45) is 5.92 Å². The number of hydrogen-bond donors (Lipinski definition) is 0. The van der Waals surface area contributed by atoms with Crippen molar-refractivity contribution < 1.29 is 4.39 Å². The first-order valence-corrected chi connectivity index (χ1v) is 6.92. The van der Waals surface area contributed by atoms with Crippen LogP contribution in [0, 0.1) is 11.7 Å². The predicted octanol–water partition coefficient (Wildman–Crippen LogP) is 2.53. The summed E-state index contributed by atoms with van der Waals surface area (Å²) >= 11 is 0. The average molecular weight is 248 g/mol. The first-order valence-electron chi connectivity index (χ1n) is 6.92. The molecule has 2 fully saturated rings. The third-order valence-corrected chi connectivity index (χ3v) is 4.61. The topological polar surface area (TPSA) is 6.48 Å². The van der Waals surface area contributed by atoms with Crippen LogP contribution in [0.25, 0.3) is 0 Å². The molecule has 3 rings (SSSR count). The van der Waals surface area contributed by atoms with E-state index in [-0.39, 0.29) is 5.82 Å². The third kappa shape index (κ3) is 1.91. The van der Waals surface area contributed by atoms with Gasteiger partial charge < -0.3 is 9.80 Å². The zero-order chi connectivity index (χ0) is 12.7. The van der Waals surface area contributed by atoms with Crippen molar-refractivity contribution in [3.05, 3.63) is 29.6 Å². The Bertz CT molecular complexity index is 446. The van der Waals surface area contributed by atoms with Crippen molar-refractivity contribution in [3.8, 4) is 0 Å². The molecule has 3 heteroatoms. The molecule has 2 saturated heterocycles. The van der Waals surface area contributed by atoms with Gasteiger partial charge in [0.25, 0.3) is 0 Å². The van der Waals surface area contributed by atoms with E-state index in [1.165, 1.54) is 13.0 Å². The third-order valence-electron chi connectivity index (χ3n) is 4.61. The zero-order valence-electron chi connectivity index (χ0n) is 11.2. The van der Waals surface area contributed by atoms with Crippen molar-refractivity contribution >= 4 is 5.69 Å². The van der Waals surface area contributed by atoms with Crippen molar-refractivity contribution in [2.75, 3.05) is 31.6 Å². The van der Waals surface area contributed by atoms with E-state index >= 15 is 0 Å². The minimum atomic E-state index is -0.0552. The Hall–Kier alpha value is -1.09. The molecule has 2 nitrogen and oxygen atoms in total. The van der Waals surface area contributed by atoms with Gasteiger partial charge in [-0.15, -0.1) is 0 Å². The molecule has 2 aliphatic heterocycles. The number of benzene rings is 1. The van der Waals surface area contributed by atoms with Crippen LogP contribution in [0.2, 0.25) is 0 Å². The number of nitrogens with zero attached hydrogens (tertiary/aromatic N) is 2. The summed E-state index contributed by atoms with van der Waals surface area (Å²) in [7, 11) is 2.20. The highest BCUT2D eigenvalue weighted by molar-refractivity contribution is 5.50. The van der Waals surface area contributed by atoms with Gasteiger partial charge in [0.05, 0.1) is 0 Å². The second-order valence-electron chi connectivity index (χ2n) is 5.63. The molecule has 0 N–H and O–H groups in total. The molecule has 2 atom stereocenters. The Kier molecular flexibility index (Phi) is 3.02. The van der Waals surface area contributed by atoms with Crippen LogP contribution in [0.1, 0.15) is 18.9 Å². The molecule has 0 amide bonds. The first-order chi connectivity index (χ1) is 8.69. The summed E-state index contributed by atoms with van der Waals surface area (Å²) < 4.78 is 13.8. The number of likely N-dealkylation sites (tertiary alicyclic amines) is 1. The summed E-state index contributed by atoms with van der Waals surface area (Å²) in [4.78, 5) is 4.79. The smallest absolute Gasteiger partial charge is 0.128 e. The van der Waals surface area contributed by atoms with Crippen LogP contribution in [0.5, 0.6) is 0 Å². The van der Waals surface area contributed by atoms with Crippen LogP contribution in [0.4, 0.5) is 10.1 Å². The lowest BCUT2D eigenvalue weighted by atomic mass is 10.1. The zero-order valence-corrected chi connectivity index (χ0v) is 11.2. The van der Waals surface area contributed by atoms with Crippen LogP contribution >= 0.6 is 0 Å². The van der Waals surface area contributed by atoms with Gasteiger partial charge in [0.1, 0.15) is 5.82 Å². The lowest BCUT2D eigenvalue weighted by Gasteiger charge is -2.22. The number of rotatable bonds is 2. The van der Waals surface area contributed by atoms with E-state index in [9.17, 15) is 4.39 Å². The summed E-state index contributed by atoms with van der Waals surface area (Å²) in [5.74, 6) is 0.712. The van der Waals surface area contributed by atoms with E-state index in [1.54, 1.807) is 6.07 Å². The second kappa shape index (κ2) is 4.54. The molecule has 0 bridgehead atoms. The Labute approximate surface area is 108 Å². The number of hydrogen-bond acceptors (Lipinski definition) is 2. The Morgan fingerprint density at radius 1 is 1.33 bits per heavy atom. The van der Waals surface area contributed by atoms with Gasteiger partial charge in [-0.2, -0.15) is 0 Å². The summed E-state index contributed by atoms with van der Waals surface area (Å²) in [6.07, 6.45) is 2.05. The summed E-state index contributed by atoms with van der Waals surface area (Å²) in [5.41, 5.74) is 1.86. The van der Waals surface area contributed by atoms with Gasteiger partial charge in [0, 0.05) is 24.8 Å². The number of aryl methyl sites for hydroxylation is 1. The summed E-state index contributed by atoms with van der Waals surface area (Å²) in [6, 6.07) is 6.38. The van der Waals surface area contributed by atoms with Gasteiger partial charge in [-0.3, -0.25) is 0 Å². The van der Waals surface area contributed by atoms with Crippen molar-refractivity contribution in [1.29, 1.82) is 0 Å². The van der Waals surface area contributed by atoms with E-state index in [0.717, 1.165) is 36.7 Å². The Balaban J connectivity index is 1.79. The maximum atomic E-state index is 13.8. The fourth-order valence-corrected chi connectivity index (χ4v) is 3.40. The highest BCUT2D eigenvalue weighted by Gasteiger charge is 2.39. The Morgan fingerprint density at radius 2 is 2.17 bits per heavy atom. The first kappa shape index (κ1) is 12.0. The number of anilines is 1. The molecule has 0 spiro atoms. The molecule has 2 unspecified atom stereocenters. The van der Waals surface area contributed by atoms with Gasteiger partial charge in [-0.25, -0.2) is 4.39 Å². The molecule has 0 radical (unpaired) electrons. The van der Waals surface area contributed by atoms with Gasteiger partial charge >= 0.3 is 0 Å². The summed E-state index contributed by atoms with van der Waals surface area (Å²) in [5, 5.41) is 0. The maximum Gasteiger partial charge on any atom is 0.128 e. The monoisotopic (exact) mass is 248 g/mol. The lowest BCUT2D eigenvalue weighted by molar-refractivity contribution is 0.310. The standard InChI is InChI=1S/C15H21FN2/c1-3-11-4-5-13(8-14(11)16)18-9-12-6-7-17(2)15(12)10-18/h4-5,8,12,15H,3,6-7,9-10H2,1-2H3. The summed E-state index contributed by atoms with van der Waals surface area (Å²) in [6.45, 7) is 5.34. The molecule has 0 aliphatic carbocycles. The van der Waals surface area contributed by atoms with Crippen LogP contribution in [0.3, 0.4) is 0 Å². The molecule has 1 aromatic carbocycles. The molecule has 98 valence electrons. The van der Waals surface area contributed by atoms with Crippen LogP contribution in [-0.4, -0.2) is 37.6 Å². The van der Waals surface area contributed by atoms with E-state index in [2.05, 4.69) is 22.9 Å². The maximum absolute atomic E-state index is 13.8. The predicted molar refractivity (Wildman–Crippen MR) is 72.5 cm³/mol. The number of fused-ring (bicyclic) bond motifs is 1. The molecule has 2 aliphatic rings. The largest absolute Gasteiger partial charge is 0.370 e. The fraction of sp³-hybridized carbons (Fsp3) is 0.600. The highest BCUT2D eigenvalue weighted by atomic mass is 19.1. The highest BCUT2D eigenvalue weighted by Crippen LogP contribution is 2.33. The molecule has 0 aromatic heterocycles. The van der Waals surface area contributed by atoms with Gasteiger partial charge in [0.2, 0.25) is 0 Å². The van der Waals surface area contributed by atoms with Crippen LogP contribution in [-0.2, 0) is 6.42 Å². The van der Waals surface area contributed by atoms with E-state index in [4.69, 9.17) is 0 Å². The van der Waals surface area contributed by atoms with Gasteiger partial charge in [-0.05, 0) is 50.0 Å². The lowest BCUT2D eigenvalue weighted by Crippen LogP contribution is -2.32. The van der Waals surface area contributed by atoms with E-state index in [1.807, 2.05) is 13.0 Å². The number of likely N-dealkylation sites (N-methyl/N-ethyl adjacent to an activating group) is 1. The SMILES string of the molecule is CCc1ccc(N2CC3CCN(C)C3C2)cc1F. The molecule has 18 heavy (non-hydrogen) atoms. The van der Waals surface area contributed by atoms with Gasteiger partial charge in [0.15, 0.2) is 0 Å². The molecule has 0 saturated carbocycles. The van der Waals surface area contributed by atoms with Gasteiger partial charge in [-0.1, -0.05) is 13.0 Å². The van der Waals surface area contributed by atoms with Crippen LogP contribution < -0.4 is 4.90 Å². The van der Waals surface area contributed by atoms with E-state index in [0.29, 0.717) is 6.04 Å². The number of halogens is 1. The quantitative estimate of drug-likeness (QED) is 0.793. The van der Waals surface area contributed by atoms with Crippen molar-refractivity contribution in [2.45, 2.75) is 25.8 Å². The van der Waals surface area contributed by atoms with Crippen molar-refractivity contribution in [1.82, 2.24) is 4.90 Å². The Morgan fingerprint density at radius 3 is 2.83 bits per heavy atom. The van der Waals surface area contributed by atoms with Crippen molar-refractivity contribution in [3.63, 3.8) is 0 Å². The molecule has 1 aromatic rings. The second-order valence-corrected chi connectivity index (χ2v) is 5.63. The molecular formula is C15H21FN2. The molecule has 2 heterocycles. The minimum Gasteiger partial charge on any atom is -0.370 e. The average Bonchev–Trinajstić information content (AvgIpc) is 2.92. The molecular weight excluding hydrogens is 227 g/mol. The minimum absolute atomic E-state index is 0.0552.